The van der Waals surface area contributed by atoms with E-state index in [4.69, 9.17) is 4.74 Å². The number of hydrogen-bond acceptors (Lipinski definition) is 4. The van der Waals surface area contributed by atoms with E-state index in [9.17, 15) is 4.79 Å². The van der Waals surface area contributed by atoms with Gasteiger partial charge in [-0.15, -0.1) is 17.9 Å². The van der Waals surface area contributed by atoms with Crippen molar-refractivity contribution in [2.45, 2.75) is 34.2 Å². The minimum absolute atomic E-state index is 0.0489. The largest absolute Gasteiger partial charge is 0.483 e. The molecule has 0 unspecified atom stereocenters. The van der Waals surface area contributed by atoms with Crippen molar-refractivity contribution in [3.8, 4) is 17.0 Å². The maximum Gasteiger partial charge on any atom is 0.264 e. The third kappa shape index (κ3) is 4.34. The maximum absolute atomic E-state index is 12.2. The van der Waals surface area contributed by atoms with E-state index < -0.39 is 0 Å². The molecule has 5 nitrogen and oxygen atoms in total. The molecule has 0 saturated heterocycles. The lowest BCUT2D eigenvalue weighted by atomic mass is 10.1. The lowest BCUT2D eigenvalue weighted by Crippen LogP contribution is -2.20. The van der Waals surface area contributed by atoms with Gasteiger partial charge in [-0.1, -0.05) is 23.8 Å². The van der Waals surface area contributed by atoms with Gasteiger partial charge in [0.25, 0.3) is 5.91 Å². The monoisotopic (exact) mass is 395 g/mol. The molecule has 0 radical (unpaired) electrons. The first-order valence-corrected chi connectivity index (χ1v) is 10.0. The molecule has 0 spiro atoms. The first-order chi connectivity index (χ1) is 13.4. The zero-order valence-corrected chi connectivity index (χ0v) is 17.5. The number of aryl methyl sites for hydroxylation is 3. The lowest BCUT2D eigenvalue weighted by molar-refractivity contribution is -0.118. The van der Waals surface area contributed by atoms with Crippen LogP contribution in [-0.4, -0.2) is 22.1 Å². The molecular formula is C22H25N3O2S. The first-order valence-electron chi connectivity index (χ1n) is 9.12. The lowest BCUT2D eigenvalue weighted by Gasteiger charge is -2.09. The quantitative estimate of drug-likeness (QED) is 0.570. The second kappa shape index (κ2) is 8.44. The van der Waals surface area contributed by atoms with Gasteiger partial charge in [0.1, 0.15) is 5.75 Å². The van der Waals surface area contributed by atoms with Crippen LogP contribution >= 0.6 is 11.3 Å². The summed E-state index contributed by atoms with van der Waals surface area (Å²) in [6.07, 6.45) is 1.88. The van der Waals surface area contributed by atoms with Crippen LogP contribution in [0.25, 0.3) is 11.3 Å². The Kier molecular flexibility index (Phi) is 5.99. The standard InChI is InChI=1S/C22H25N3O2S/c1-6-9-25-16(4)11-18(17(25)5)19-13-28-22(23-19)24-21(26)12-27-20-8-7-14(2)10-15(20)3/h6-8,10-11,13H,1,9,12H2,2-5H3,(H,23,24,26). The van der Waals surface area contributed by atoms with Gasteiger partial charge in [-0.05, 0) is 45.4 Å². The summed E-state index contributed by atoms with van der Waals surface area (Å²) in [5, 5.41) is 5.35. The van der Waals surface area contributed by atoms with E-state index in [1.807, 2.05) is 43.5 Å². The van der Waals surface area contributed by atoms with Gasteiger partial charge < -0.3 is 9.30 Å². The SMILES string of the molecule is C=CCn1c(C)cc(-c2csc(NC(=O)COc3ccc(C)cc3C)n2)c1C. The van der Waals surface area contributed by atoms with E-state index in [1.165, 1.54) is 11.3 Å². The van der Waals surface area contributed by atoms with E-state index in [-0.39, 0.29) is 12.5 Å². The van der Waals surface area contributed by atoms with Crippen LogP contribution in [0.3, 0.4) is 0 Å². The van der Waals surface area contributed by atoms with Gasteiger partial charge in [-0.2, -0.15) is 0 Å². The molecule has 0 atom stereocenters. The number of thiazole rings is 1. The van der Waals surface area contributed by atoms with Gasteiger partial charge >= 0.3 is 0 Å². The van der Waals surface area contributed by atoms with Crippen molar-refractivity contribution < 1.29 is 9.53 Å². The molecule has 0 bridgehead atoms. The normalized spacial score (nSPS) is 10.7. The number of nitrogens with one attached hydrogen (secondary N) is 1. The number of rotatable bonds is 7. The summed E-state index contributed by atoms with van der Waals surface area (Å²) in [7, 11) is 0. The van der Waals surface area contributed by atoms with Crippen LogP contribution in [0.15, 0.2) is 42.3 Å². The molecular weight excluding hydrogens is 370 g/mol. The number of nitrogens with zero attached hydrogens (tertiary/aromatic N) is 2. The smallest absolute Gasteiger partial charge is 0.264 e. The minimum Gasteiger partial charge on any atom is -0.483 e. The topological polar surface area (TPSA) is 56.2 Å². The van der Waals surface area contributed by atoms with Gasteiger partial charge in [0.15, 0.2) is 11.7 Å². The number of amides is 1. The van der Waals surface area contributed by atoms with Crippen LogP contribution in [0.4, 0.5) is 5.13 Å². The summed E-state index contributed by atoms with van der Waals surface area (Å²) in [6.45, 7) is 12.7. The van der Waals surface area contributed by atoms with Gasteiger partial charge in [-0.3, -0.25) is 10.1 Å². The molecule has 0 fully saturated rings. The Bertz CT molecular complexity index is 1020. The molecule has 28 heavy (non-hydrogen) atoms. The Morgan fingerprint density at radius 3 is 2.79 bits per heavy atom. The number of carbonyl (C=O) groups excluding carboxylic acids is 1. The van der Waals surface area contributed by atoms with E-state index in [2.05, 4.69) is 41.4 Å². The number of aromatic nitrogens is 2. The van der Waals surface area contributed by atoms with E-state index >= 15 is 0 Å². The summed E-state index contributed by atoms with van der Waals surface area (Å²) in [5.74, 6) is 0.494. The summed E-state index contributed by atoms with van der Waals surface area (Å²) in [5.41, 5.74) is 6.41. The predicted octanol–water partition coefficient (Wildman–Crippen LogP) is 5.05. The third-order valence-electron chi connectivity index (χ3n) is 4.60. The first kappa shape index (κ1) is 19.9. The van der Waals surface area contributed by atoms with Crippen molar-refractivity contribution in [1.29, 1.82) is 0 Å². The summed E-state index contributed by atoms with van der Waals surface area (Å²) in [6, 6.07) is 8.00. The summed E-state index contributed by atoms with van der Waals surface area (Å²) < 4.78 is 7.83. The number of ether oxygens (including phenoxy) is 1. The minimum atomic E-state index is -0.224. The number of carbonyl (C=O) groups is 1. The van der Waals surface area contributed by atoms with Gasteiger partial charge in [0.2, 0.25) is 0 Å². The highest BCUT2D eigenvalue weighted by atomic mass is 32.1. The van der Waals surface area contributed by atoms with Crippen molar-refractivity contribution >= 4 is 22.4 Å². The second-order valence-corrected chi connectivity index (χ2v) is 7.69. The average Bonchev–Trinajstić information content (AvgIpc) is 3.20. The molecule has 0 aliphatic carbocycles. The molecule has 6 heteroatoms. The number of anilines is 1. The second-order valence-electron chi connectivity index (χ2n) is 6.83. The maximum atomic E-state index is 12.2. The highest BCUT2D eigenvalue weighted by Crippen LogP contribution is 2.30. The Morgan fingerprint density at radius 1 is 1.29 bits per heavy atom. The molecule has 0 aliphatic rings. The molecule has 1 aromatic carbocycles. The molecule has 0 saturated carbocycles. The van der Waals surface area contributed by atoms with Crippen LogP contribution in [0.2, 0.25) is 0 Å². The Labute approximate surface area is 169 Å². The zero-order chi connectivity index (χ0) is 20.3. The number of hydrogen-bond donors (Lipinski definition) is 1. The fourth-order valence-electron chi connectivity index (χ4n) is 3.19. The Morgan fingerprint density at radius 2 is 2.07 bits per heavy atom. The van der Waals surface area contributed by atoms with Crippen molar-refractivity contribution in [2.24, 2.45) is 0 Å². The van der Waals surface area contributed by atoms with Crippen LogP contribution in [0.5, 0.6) is 5.75 Å². The molecule has 146 valence electrons. The summed E-state index contributed by atoms with van der Waals surface area (Å²) in [4.78, 5) is 16.8. The molecule has 3 aromatic rings. The van der Waals surface area contributed by atoms with Crippen LogP contribution < -0.4 is 10.1 Å². The van der Waals surface area contributed by atoms with E-state index in [0.29, 0.717) is 5.13 Å². The molecule has 1 amide bonds. The van der Waals surface area contributed by atoms with Crippen LogP contribution in [0.1, 0.15) is 22.5 Å². The fourth-order valence-corrected chi connectivity index (χ4v) is 3.91. The average molecular weight is 396 g/mol. The molecule has 2 heterocycles. The van der Waals surface area contributed by atoms with Gasteiger partial charge in [0, 0.05) is 28.9 Å². The molecule has 3 rings (SSSR count). The highest BCUT2D eigenvalue weighted by Gasteiger charge is 2.14. The predicted molar refractivity (Wildman–Crippen MR) is 115 cm³/mol. The fraction of sp³-hybridized carbons (Fsp3) is 0.273. The van der Waals surface area contributed by atoms with Gasteiger partial charge in [-0.25, -0.2) is 4.98 Å². The molecule has 1 N–H and O–H groups in total. The highest BCUT2D eigenvalue weighted by molar-refractivity contribution is 7.14. The van der Waals surface area contributed by atoms with Crippen molar-refractivity contribution in [1.82, 2.24) is 9.55 Å². The zero-order valence-electron chi connectivity index (χ0n) is 16.7. The van der Waals surface area contributed by atoms with Crippen molar-refractivity contribution in [3.63, 3.8) is 0 Å². The Hall–Kier alpha value is -2.86. The number of benzene rings is 1. The van der Waals surface area contributed by atoms with Crippen molar-refractivity contribution in [2.75, 3.05) is 11.9 Å². The van der Waals surface area contributed by atoms with Crippen LogP contribution in [0, 0.1) is 27.7 Å². The van der Waals surface area contributed by atoms with Gasteiger partial charge in [0.05, 0.1) is 5.69 Å². The third-order valence-corrected chi connectivity index (χ3v) is 5.36. The molecule has 2 aromatic heterocycles. The van der Waals surface area contributed by atoms with Crippen LogP contribution in [-0.2, 0) is 11.3 Å². The van der Waals surface area contributed by atoms with E-state index in [1.54, 1.807) is 0 Å². The van der Waals surface area contributed by atoms with Crippen molar-refractivity contribution in [3.05, 3.63) is 64.8 Å². The summed E-state index contributed by atoms with van der Waals surface area (Å²) >= 11 is 1.41. The van der Waals surface area contributed by atoms with E-state index in [0.717, 1.165) is 46.1 Å². The number of allylic oxidation sites excluding steroid dienone is 1. The molecule has 0 aliphatic heterocycles. The Balaban J connectivity index is 1.65.